The summed E-state index contributed by atoms with van der Waals surface area (Å²) in [6.07, 6.45) is -1.06. The van der Waals surface area contributed by atoms with Gasteiger partial charge in [0.1, 0.15) is 5.60 Å². The fourth-order valence-electron chi connectivity index (χ4n) is 2.17. The molecule has 1 amide bonds. The molecule has 1 saturated heterocycles. The minimum Gasteiger partial charge on any atom is -0.444 e. The predicted octanol–water partition coefficient (Wildman–Crippen LogP) is 2.62. The van der Waals surface area contributed by atoms with Crippen molar-refractivity contribution in [1.82, 2.24) is 4.90 Å². The molecule has 112 valence electrons. The third-order valence-electron chi connectivity index (χ3n) is 3.20. The summed E-state index contributed by atoms with van der Waals surface area (Å²) in [5.41, 5.74) is 4.86. The number of hydrogen-bond acceptors (Lipinski definition) is 3. The molecule has 0 spiro atoms. The van der Waals surface area contributed by atoms with E-state index in [4.69, 9.17) is 10.5 Å². The Morgan fingerprint density at radius 3 is 2.32 bits per heavy atom. The van der Waals surface area contributed by atoms with Crippen molar-refractivity contribution in [2.75, 3.05) is 13.1 Å². The van der Waals surface area contributed by atoms with E-state index < -0.39 is 18.1 Å². The zero-order valence-corrected chi connectivity index (χ0v) is 11.9. The van der Waals surface area contributed by atoms with Gasteiger partial charge in [0, 0.05) is 13.1 Å². The van der Waals surface area contributed by atoms with E-state index in [1.807, 2.05) is 20.8 Å². The first kappa shape index (κ1) is 16.1. The molecule has 19 heavy (non-hydrogen) atoms. The van der Waals surface area contributed by atoms with E-state index in [-0.39, 0.29) is 12.0 Å². The number of piperidine rings is 1. The molecule has 0 aromatic heterocycles. The monoisotopic (exact) mass is 278 g/mol. The van der Waals surface area contributed by atoms with Crippen LogP contribution in [0.4, 0.5) is 13.6 Å². The zero-order chi connectivity index (χ0) is 14.6. The highest BCUT2D eigenvalue weighted by Gasteiger charge is 2.28. The first-order valence-electron chi connectivity index (χ1n) is 6.70. The van der Waals surface area contributed by atoms with Crippen molar-refractivity contribution in [2.24, 2.45) is 11.7 Å². The lowest BCUT2D eigenvalue weighted by Gasteiger charge is -2.34. The summed E-state index contributed by atoms with van der Waals surface area (Å²) in [5, 5.41) is 0. The molecule has 4 nitrogen and oxygen atoms in total. The van der Waals surface area contributed by atoms with Crippen molar-refractivity contribution in [3.05, 3.63) is 0 Å². The number of nitrogens with zero attached hydrogens (tertiary/aromatic N) is 1. The van der Waals surface area contributed by atoms with Gasteiger partial charge in [-0.2, -0.15) is 0 Å². The number of likely N-dealkylation sites (tertiary alicyclic amines) is 1. The van der Waals surface area contributed by atoms with Gasteiger partial charge in [0.05, 0.1) is 6.04 Å². The molecule has 0 saturated carbocycles. The Morgan fingerprint density at radius 2 is 1.89 bits per heavy atom. The Bertz CT molecular complexity index is 298. The quantitative estimate of drug-likeness (QED) is 0.863. The normalized spacial score (nSPS) is 19.6. The number of alkyl halides is 2. The van der Waals surface area contributed by atoms with Gasteiger partial charge < -0.3 is 15.4 Å². The van der Waals surface area contributed by atoms with E-state index in [0.29, 0.717) is 32.4 Å². The van der Waals surface area contributed by atoms with Crippen LogP contribution in [0.2, 0.25) is 0 Å². The van der Waals surface area contributed by atoms with E-state index >= 15 is 0 Å². The number of ether oxygens (including phenoxy) is 1. The van der Waals surface area contributed by atoms with Crippen LogP contribution in [0.25, 0.3) is 0 Å². The SMILES string of the molecule is CC(C)(C)OC(=O)N1CCC(CC(N)C(F)F)CC1. The third-order valence-corrected chi connectivity index (χ3v) is 3.20. The molecule has 0 bridgehead atoms. The maximum Gasteiger partial charge on any atom is 0.410 e. The van der Waals surface area contributed by atoms with Crippen molar-refractivity contribution >= 4 is 6.09 Å². The molecule has 0 aromatic rings. The van der Waals surface area contributed by atoms with E-state index in [1.165, 1.54) is 0 Å². The van der Waals surface area contributed by atoms with Crippen LogP contribution in [0.1, 0.15) is 40.0 Å². The summed E-state index contributed by atoms with van der Waals surface area (Å²) < 4.78 is 30.0. The Labute approximate surface area is 113 Å². The smallest absolute Gasteiger partial charge is 0.410 e. The first-order valence-corrected chi connectivity index (χ1v) is 6.70. The second-order valence-corrected chi connectivity index (χ2v) is 6.14. The fraction of sp³-hybridized carbons (Fsp3) is 0.923. The van der Waals surface area contributed by atoms with Crippen LogP contribution in [0.3, 0.4) is 0 Å². The second-order valence-electron chi connectivity index (χ2n) is 6.14. The molecule has 1 aliphatic rings. The summed E-state index contributed by atoms with van der Waals surface area (Å²) in [5.74, 6) is 0.169. The van der Waals surface area contributed by atoms with Gasteiger partial charge >= 0.3 is 6.09 Å². The summed E-state index contributed by atoms with van der Waals surface area (Å²) in [6, 6.07) is -1.06. The van der Waals surface area contributed by atoms with Crippen LogP contribution in [-0.2, 0) is 4.74 Å². The summed E-state index contributed by atoms with van der Waals surface area (Å²) >= 11 is 0. The molecule has 1 unspecified atom stereocenters. The molecule has 0 radical (unpaired) electrons. The number of carbonyl (C=O) groups excluding carboxylic acids is 1. The Hall–Kier alpha value is -0.910. The lowest BCUT2D eigenvalue weighted by molar-refractivity contribution is 0.0165. The van der Waals surface area contributed by atoms with Crippen LogP contribution in [0.5, 0.6) is 0 Å². The number of hydrogen-bond donors (Lipinski definition) is 1. The highest BCUT2D eigenvalue weighted by molar-refractivity contribution is 5.68. The summed E-state index contributed by atoms with van der Waals surface area (Å²) in [6.45, 7) is 6.56. The van der Waals surface area contributed by atoms with Gasteiger partial charge in [-0.25, -0.2) is 13.6 Å². The number of nitrogens with two attached hydrogens (primary N) is 1. The molecule has 1 aliphatic heterocycles. The number of rotatable bonds is 3. The lowest BCUT2D eigenvalue weighted by atomic mass is 9.91. The maximum absolute atomic E-state index is 12.4. The maximum atomic E-state index is 12.4. The van der Waals surface area contributed by atoms with Crippen LogP contribution < -0.4 is 5.73 Å². The minimum absolute atomic E-state index is 0.169. The predicted molar refractivity (Wildman–Crippen MR) is 69.1 cm³/mol. The van der Waals surface area contributed by atoms with E-state index in [0.717, 1.165) is 0 Å². The second kappa shape index (κ2) is 6.50. The highest BCUT2D eigenvalue weighted by Crippen LogP contribution is 2.24. The molecule has 2 N–H and O–H groups in total. The van der Waals surface area contributed by atoms with Crippen LogP contribution >= 0.6 is 0 Å². The van der Waals surface area contributed by atoms with E-state index in [1.54, 1.807) is 4.90 Å². The molecule has 1 fully saturated rings. The largest absolute Gasteiger partial charge is 0.444 e. The Balaban J connectivity index is 2.35. The van der Waals surface area contributed by atoms with Gasteiger partial charge in [0.15, 0.2) is 0 Å². The molecule has 0 aliphatic carbocycles. The topological polar surface area (TPSA) is 55.6 Å². The van der Waals surface area contributed by atoms with Crippen LogP contribution in [-0.4, -0.2) is 42.2 Å². The lowest BCUT2D eigenvalue weighted by Crippen LogP contribution is -2.43. The van der Waals surface area contributed by atoms with Crippen LogP contribution in [0.15, 0.2) is 0 Å². The standard InChI is InChI=1S/C13H24F2N2O2/c1-13(2,3)19-12(18)17-6-4-9(5-7-17)8-10(16)11(14)15/h9-11H,4-8,16H2,1-3H3. The van der Waals surface area contributed by atoms with E-state index in [9.17, 15) is 13.6 Å². The van der Waals surface area contributed by atoms with Crippen LogP contribution in [0, 0.1) is 5.92 Å². The molecular weight excluding hydrogens is 254 g/mol. The Morgan fingerprint density at radius 1 is 1.37 bits per heavy atom. The number of carbonyl (C=O) groups is 1. The summed E-state index contributed by atoms with van der Waals surface area (Å²) in [7, 11) is 0. The zero-order valence-electron chi connectivity index (χ0n) is 11.9. The van der Waals surface area contributed by atoms with E-state index in [2.05, 4.69) is 0 Å². The van der Waals surface area contributed by atoms with Crippen molar-refractivity contribution in [2.45, 2.75) is 58.1 Å². The highest BCUT2D eigenvalue weighted by atomic mass is 19.3. The van der Waals surface area contributed by atoms with Gasteiger partial charge in [-0.15, -0.1) is 0 Å². The van der Waals surface area contributed by atoms with Gasteiger partial charge in [-0.1, -0.05) is 0 Å². The average molecular weight is 278 g/mol. The number of halogens is 2. The Kier molecular flexibility index (Phi) is 5.52. The average Bonchev–Trinajstić information content (AvgIpc) is 2.27. The van der Waals surface area contributed by atoms with Crippen molar-refractivity contribution in [3.63, 3.8) is 0 Å². The van der Waals surface area contributed by atoms with Gasteiger partial charge in [0.25, 0.3) is 6.43 Å². The third kappa shape index (κ3) is 5.72. The molecule has 6 heteroatoms. The molecule has 1 atom stereocenters. The number of amides is 1. The van der Waals surface area contributed by atoms with Gasteiger partial charge in [-0.05, 0) is 46.0 Å². The molecule has 0 aromatic carbocycles. The summed E-state index contributed by atoms with van der Waals surface area (Å²) in [4.78, 5) is 13.4. The van der Waals surface area contributed by atoms with Crippen molar-refractivity contribution in [1.29, 1.82) is 0 Å². The molecular formula is C13H24F2N2O2. The fourth-order valence-corrected chi connectivity index (χ4v) is 2.17. The molecule has 1 heterocycles. The van der Waals surface area contributed by atoms with Crippen molar-refractivity contribution in [3.8, 4) is 0 Å². The first-order chi connectivity index (χ1) is 8.69. The van der Waals surface area contributed by atoms with Gasteiger partial charge in [-0.3, -0.25) is 0 Å². The van der Waals surface area contributed by atoms with Crippen molar-refractivity contribution < 1.29 is 18.3 Å². The van der Waals surface area contributed by atoms with Gasteiger partial charge in [0.2, 0.25) is 0 Å². The minimum atomic E-state index is -2.47. The molecule has 1 rings (SSSR count).